The van der Waals surface area contributed by atoms with Crippen LogP contribution >= 0.6 is 0 Å². The maximum atomic E-state index is 10.2. The maximum Gasteiger partial charge on any atom is 0.673 e. The number of ether oxygens (including phenoxy) is 3. The molecular formula is C29H88O25Si6W2. The molecule has 0 spiro atoms. The Hall–Kier alpha value is 1.68. The van der Waals surface area contributed by atoms with Gasteiger partial charge in [-0.3, -0.25) is 0 Å². The van der Waals surface area contributed by atoms with Crippen molar-refractivity contribution < 1.29 is 159 Å². The minimum absolute atomic E-state index is 0. The van der Waals surface area contributed by atoms with Gasteiger partial charge in [0.1, 0.15) is 6.23 Å². The minimum Gasteiger partial charge on any atom is -0.411 e. The third kappa shape index (κ3) is 76.0. The van der Waals surface area contributed by atoms with E-state index < -0.39 is 52.8 Å². The summed E-state index contributed by atoms with van der Waals surface area (Å²) < 4.78 is 62.4. The minimum atomic E-state index is -3.65. The van der Waals surface area contributed by atoms with Gasteiger partial charge in [-0.15, -0.1) is 0 Å². The van der Waals surface area contributed by atoms with E-state index in [0.29, 0.717) is 32.5 Å². The molecule has 0 heterocycles. The fourth-order valence-electron chi connectivity index (χ4n) is 2.44. The van der Waals surface area contributed by atoms with E-state index in [2.05, 4.69) is 26.6 Å². The number of aliphatic hydroxyl groups excluding tert-OH is 4. The van der Waals surface area contributed by atoms with E-state index in [-0.39, 0.29) is 60.2 Å². The maximum absolute atomic E-state index is 10.2. The van der Waals surface area contributed by atoms with Gasteiger partial charge in [0.15, 0.2) is 0 Å². The summed E-state index contributed by atoms with van der Waals surface area (Å²) in [5, 5.41) is 28.0. The van der Waals surface area contributed by atoms with Crippen molar-refractivity contribution in [2.24, 2.45) is 11.8 Å². The molecule has 390 valence electrons. The molecule has 0 amide bonds. The van der Waals surface area contributed by atoms with Crippen molar-refractivity contribution in [3.8, 4) is 0 Å². The molecular weight excluding hydrogens is 1280 g/mol. The Labute approximate surface area is 406 Å². The fourth-order valence-corrected chi connectivity index (χ4v) is 5.19. The summed E-state index contributed by atoms with van der Waals surface area (Å²) in [5.41, 5.74) is 0. The summed E-state index contributed by atoms with van der Waals surface area (Å²) in [6.45, 7) is 10.6. The van der Waals surface area contributed by atoms with Crippen molar-refractivity contribution in [3.05, 3.63) is 0 Å². The molecule has 33 heteroatoms. The predicted octanol–water partition coefficient (Wildman–Crippen LogP) is -3.22. The second kappa shape index (κ2) is 58.8. The van der Waals surface area contributed by atoms with E-state index in [1.54, 1.807) is 33.3 Å². The molecule has 2 atom stereocenters. The van der Waals surface area contributed by atoms with Crippen LogP contribution < -0.4 is 0 Å². The SMILES string of the molecule is CCC(COCC(COC)COC[Si](O)(OC)OC)C[Si](O)(OC)OC.CO.CO.CO.CO.CO[Si](C)(C)O.CO[Si](C)(C)O.CO[Si](O)(O)OC.CO[Si](O)(O)OC.[W].[W]. The summed E-state index contributed by atoms with van der Waals surface area (Å²) >= 11 is 0. The van der Waals surface area contributed by atoms with E-state index in [0.717, 1.165) is 34.9 Å². The molecule has 0 saturated carbocycles. The van der Waals surface area contributed by atoms with Crippen molar-refractivity contribution in [1.29, 1.82) is 0 Å². The first-order valence-electron chi connectivity index (χ1n) is 17.4. The van der Waals surface area contributed by atoms with Gasteiger partial charge in [0, 0.05) is 167 Å². The molecule has 0 aliphatic carbocycles. The molecule has 0 aromatic rings. The molecule has 0 aliphatic rings. The van der Waals surface area contributed by atoms with Gasteiger partial charge in [-0.25, -0.2) is 0 Å². The van der Waals surface area contributed by atoms with Crippen LogP contribution in [0.15, 0.2) is 0 Å². The summed E-state index contributed by atoms with van der Waals surface area (Å²) in [6.07, 6.45) is 0.853. The quantitative estimate of drug-likeness (QED) is 0.0448. The molecule has 0 aromatic carbocycles. The van der Waals surface area contributed by atoms with Crippen LogP contribution in [0.25, 0.3) is 0 Å². The number of hydrogen-bond donors (Lipinski definition) is 12. The van der Waals surface area contributed by atoms with Gasteiger partial charge in [0.2, 0.25) is 0 Å². The topological polar surface area (TPSA) is 363 Å². The van der Waals surface area contributed by atoms with Crippen LogP contribution in [-0.2, 0) is 101 Å². The number of methoxy groups -OCH3 is 1. The molecule has 0 rings (SSSR count). The van der Waals surface area contributed by atoms with Crippen LogP contribution in [0.5, 0.6) is 0 Å². The number of rotatable bonds is 23. The first kappa shape index (κ1) is 90.1. The van der Waals surface area contributed by atoms with Crippen LogP contribution in [0.1, 0.15) is 13.3 Å². The van der Waals surface area contributed by atoms with Gasteiger partial charge in [-0.05, 0) is 32.1 Å². The Morgan fingerprint density at radius 1 is 0.371 bits per heavy atom. The standard InChI is InChI=1S/C15H36O9Si2.2C3H10O2Si.2C2H8O4Si.4CH4O.2W/c1-7-14(12-25(16,19-3)20-4)9-23-10-15(8-18-2)11-24-13-26(17,21-5)22-6;2*1-5-6(2,3)4;2*1-5-7(3,4)6-2;4*1-2;;/h14-17H,7-13H2,1-6H3;2*4H,1-3H3;2*3-4H,1-2H3;4*2H,1H3;;. The number of hydrogen-bond acceptors (Lipinski definition) is 25. The molecule has 2 unspecified atom stereocenters. The van der Waals surface area contributed by atoms with Crippen molar-refractivity contribution in [1.82, 2.24) is 0 Å². The summed E-state index contributed by atoms with van der Waals surface area (Å²) in [6, 6.07) is 0.447. The van der Waals surface area contributed by atoms with Crippen LogP contribution in [0.4, 0.5) is 0 Å². The first-order chi connectivity index (χ1) is 27.7. The summed E-state index contributed by atoms with van der Waals surface area (Å²) in [5.74, 6) is 0.139. The Bertz CT molecular complexity index is 752. The average molecular weight is 1370 g/mol. The number of aliphatic hydroxyl groups is 4. The largest absolute Gasteiger partial charge is 0.673 e. The van der Waals surface area contributed by atoms with Crippen LogP contribution in [0.2, 0.25) is 32.2 Å². The third-order valence-corrected chi connectivity index (χ3v) is 14.5. The molecule has 25 nitrogen and oxygen atoms in total. The Kier molecular flexibility index (Phi) is 85.5. The van der Waals surface area contributed by atoms with Gasteiger partial charge >= 0.3 is 52.8 Å². The van der Waals surface area contributed by atoms with Crippen molar-refractivity contribution in [3.63, 3.8) is 0 Å². The Morgan fingerprint density at radius 3 is 0.823 bits per heavy atom. The molecule has 0 fully saturated rings. The summed E-state index contributed by atoms with van der Waals surface area (Å²) in [4.78, 5) is 71.2. The van der Waals surface area contributed by atoms with E-state index in [1.807, 2.05) is 6.92 Å². The van der Waals surface area contributed by atoms with Crippen molar-refractivity contribution in [2.75, 3.05) is 139 Å². The molecule has 0 saturated heterocycles. The van der Waals surface area contributed by atoms with Crippen LogP contribution in [0, 0.1) is 11.8 Å². The molecule has 0 radical (unpaired) electrons. The van der Waals surface area contributed by atoms with E-state index >= 15 is 0 Å². The van der Waals surface area contributed by atoms with E-state index in [9.17, 15) is 9.59 Å². The average Bonchev–Trinajstić information content (AvgIpc) is 3.26. The predicted molar refractivity (Wildman–Crippen MR) is 234 cm³/mol. The zero-order valence-corrected chi connectivity index (χ0v) is 52.5. The van der Waals surface area contributed by atoms with Gasteiger partial charge in [0.05, 0.1) is 19.8 Å². The molecule has 12 N–H and O–H groups in total. The molecule has 0 bridgehead atoms. The van der Waals surface area contributed by atoms with Crippen molar-refractivity contribution >= 4 is 52.8 Å². The first-order valence-corrected chi connectivity index (χ1v) is 30.5. The smallest absolute Gasteiger partial charge is 0.411 e. The Balaban J connectivity index is -0.0000000656. The molecule has 0 aromatic heterocycles. The van der Waals surface area contributed by atoms with Crippen LogP contribution in [0.3, 0.4) is 0 Å². The molecule has 62 heavy (non-hydrogen) atoms. The third-order valence-electron chi connectivity index (χ3n) is 6.21. The normalized spacial score (nSPS) is 11.8. The van der Waals surface area contributed by atoms with Crippen molar-refractivity contribution in [2.45, 2.75) is 45.6 Å². The van der Waals surface area contributed by atoms with E-state index in [4.69, 9.17) is 81.1 Å². The van der Waals surface area contributed by atoms with E-state index in [1.165, 1.54) is 71.1 Å². The van der Waals surface area contributed by atoms with Gasteiger partial charge in [0.25, 0.3) is 0 Å². The van der Waals surface area contributed by atoms with Crippen LogP contribution in [-0.4, -0.2) is 251 Å². The Morgan fingerprint density at radius 2 is 0.629 bits per heavy atom. The monoisotopic (exact) mass is 1370 g/mol. The zero-order valence-electron chi connectivity index (χ0n) is 40.6. The van der Waals surface area contributed by atoms with Gasteiger partial charge < -0.3 is 117 Å². The van der Waals surface area contributed by atoms with Gasteiger partial charge in [-0.1, -0.05) is 13.3 Å². The summed E-state index contributed by atoms with van der Waals surface area (Å²) in [7, 11) is 1.16. The van der Waals surface area contributed by atoms with Gasteiger partial charge in [-0.2, -0.15) is 0 Å². The second-order valence-electron chi connectivity index (χ2n) is 11.3. The fraction of sp³-hybridized carbons (Fsp3) is 1.00. The molecule has 0 aliphatic heterocycles. The zero-order chi connectivity index (χ0) is 50.3. The second-order valence-corrected chi connectivity index (χ2v) is 26.9.